The van der Waals surface area contributed by atoms with E-state index in [0.717, 1.165) is 12.1 Å². The van der Waals surface area contributed by atoms with Crippen LogP contribution in [-0.4, -0.2) is 26.5 Å². The third-order valence-corrected chi connectivity index (χ3v) is 3.33. The second-order valence-electron chi connectivity index (χ2n) is 4.61. The zero-order valence-corrected chi connectivity index (χ0v) is 9.72. The van der Waals surface area contributed by atoms with Crippen LogP contribution in [0.15, 0.2) is 12.5 Å². The molecule has 1 N–H and O–H groups in total. The van der Waals surface area contributed by atoms with Crippen molar-refractivity contribution in [1.82, 2.24) is 19.9 Å². The van der Waals surface area contributed by atoms with Gasteiger partial charge in [0.25, 0.3) is 0 Å². The number of aromatic amines is 1. The molecule has 1 aliphatic carbocycles. The van der Waals surface area contributed by atoms with Gasteiger partial charge in [0.15, 0.2) is 5.65 Å². The van der Waals surface area contributed by atoms with Crippen LogP contribution in [0.25, 0.3) is 11.2 Å². The molecule has 2 aromatic rings. The molecule has 0 unspecified atom stereocenters. The highest BCUT2D eigenvalue weighted by Gasteiger charge is 2.14. The first kappa shape index (κ1) is 10.5. The van der Waals surface area contributed by atoms with Gasteiger partial charge < -0.3 is 9.72 Å². The van der Waals surface area contributed by atoms with Crippen molar-refractivity contribution < 1.29 is 4.74 Å². The highest BCUT2D eigenvalue weighted by atomic mass is 16.5. The molecular formula is C12H16N4O. The molecule has 5 nitrogen and oxygen atoms in total. The summed E-state index contributed by atoms with van der Waals surface area (Å²) in [4.78, 5) is 15.5. The molecule has 2 aromatic heterocycles. The minimum Gasteiger partial charge on any atom is -0.463 e. The van der Waals surface area contributed by atoms with E-state index in [-0.39, 0.29) is 0 Å². The van der Waals surface area contributed by atoms with Crippen molar-refractivity contribution in [3.63, 3.8) is 0 Å². The topological polar surface area (TPSA) is 63.7 Å². The fourth-order valence-electron chi connectivity index (χ4n) is 2.34. The smallest absolute Gasteiger partial charge is 0.318 e. The SMILES string of the molecule is c1nc2nc(OCC3CCCCC3)ncc2[nH]1. The first-order chi connectivity index (χ1) is 8.42. The first-order valence-electron chi connectivity index (χ1n) is 6.21. The van der Waals surface area contributed by atoms with Crippen molar-refractivity contribution in [2.24, 2.45) is 5.92 Å². The molecule has 0 bridgehead atoms. The summed E-state index contributed by atoms with van der Waals surface area (Å²) in [5.41, 5.74) is 1.51. The Balaban J connectivity index is 1.63. The van der Waals surface area contributed by atoms with Gasteiger partial charge in [-0.2, -0.15) is 4.98 Å². The van der Waals surface area contributed by atoms with Gasteiger partial charge in [0.05, 0.1) is 19.1 Å². The number of rotatable bonds is 3. The van der Waals surface area contributed by atoms with E-state index in [4.69, 9.17) is 4.74 Å². The van der Waals surface area contributed by atoms with E-state index >= 15 is 0 Å². The lowest BCUT2D eigenvalue weighted by molar-refractivity contribution is 0.197. The van der Waals surface area contributed by atoms with E-state index < -0.39 is 0 Å². The Hall–Kier alpha value is -1.65. The highest BCUT2D eigenvalue weighted by molar-refractivity contribution is 5.68. The van der Waals surface area contributed by atoms with Crippen molar-refractivity contribution in [2.75, 3.05) is 6.61 Å². The Kier molecular flexibility index (Phi) is 2.90. The van der Waals surface area contributed by atoms with Gasteiger partial charge in [0, 0.05) is 0 Å². The maximum atomic E-state index is 5.65. The van der Waals surface area contributed by atoms with E-state index in [1.807, 2.05) is 0 Å². The van der Waals surface area contributed by atoms with Crippen LogP contribution in [0.5, 0.6) is 6.01 Å². The fourth-order valence-corrected chi connectivity index (χ4v) is 2.34. The summed E-state index contributed by atoms with van der Waals surface area (Å²) in [6.07, 6.45) is 9.89. The van der Waals surface area contributed by atoms with Crippen LogP contribution in [-0.2, 0) is 0 Å². The molecule has 2 heterocycles. The number of fused-ring (bicyclic) bond motifs is 1. The predicted octanol–water partition coefficient (Wildman–Crippen LogP) is 2.31. The molecule has 3 rings (SSSR count). The summed E-state index contributed by atoms with van der Waals surface area (Å²) in [6.45, 7) is 0.732. The monoisotopic (exact) mass is 232 g/mol. The van der Waals surface area contributed by atoms with Crippen LogP contribution in [0.3, 0.4) is 0 Å². The molecule has 0 radical (unpaired) electrons. The molecule has 1 aliphatic rings. The van der Waals surface area contributed by atoms with Gasteiger partial charge in [-0.1, -0.05) is 19.3 Å². The average molecular weight is 232 g/mol. The van der Waals surface area contributed by atoms with Crippen LogP contribution in [0.1, 0.15) is 32.1 Å². The Morgan fingerprint density at radius 1 is 1.24 bits per heavy atom. The fraction of sp³-hybridized carbons (Fsp3) is 0.583. The van der Waals surface area contributed by atoms with Crippen LogP contribution < -0.4 is 4.74 Å². The second-order valence-corrected chi connectivity index (χ2v) is 4.61. The quantitative estimate of drug-likeness (QED) is 0.882. The van der Waals surface area contributed by atoms with E-state index in [0.29, 0.717) is 17.6 Å². The summed E-state index contributed by atoms with van der Waals surface area (Å²) >= 11 is 0. The normalized spacial score (nSPS) is 17.4. The van der Waals surface area contributed by atoms with Gasteiger partial charge in [-0.05, 0) is 18.8 Å². The number of imidazole rings is 1. The third kappa shape index (κ3) is 2.38. The zero-order valence-electron chi connectivity index (χ0n) is 9.72. The van der Waals surface area contributed by atoms with Crippen molar-refractivity contribution in [3.05, 3.63) is 12.5 Å². The molecule has 0 saturated heterocycles. The molecule has 5 heteroatoms. The van der Waals surface area contributed by atoms with E-state index in [2.05, 4.69) is 19.9 Å². The van der Waals surface area contributed by atoms with Gasteiger partial charge >= 0.3 is 6.01 Å². The zero-order chi connectivity index (χ0) is 11.5. The number of hydrogen-bond acceptors (Lipinski definition) is 4. The summed E-state index contributed by atoms with van der Waals surface area (Å²) in [5.74, 6) is 0.669. The van der Waals surface area contributed by atoms with Crippen LogP contribution >= 0.6 is 0 Å². The van der Waals surface area contributed by atoms with Gasteiger partial charge in [-0.3, -0.25) is 0 Å². The third-order valence-electron chi connectivity index (χ3n) is 3.33. The maximum absolute atomic E-state index is 5.65. The van der Waals surface area contributed by atoms with Crippen molar-refractivity contribution in [1.29, 1.82) is 0 Å². The number of H-pyrrole nitrogens is 1. The molecule has 0 aromatic carbocycles. The van der Waals surface area contributed by atoms with E-state index in [1.165, 1.54) is 32.1 Å². The molecule has 0 aliphatic heterocycles. The summed E-state index contributed by atoms with van der Waals surface area (Å²) in [5, 5.41) is 0. The number of hydrogen-bond donors (Lipinski definition) is 1. The Bertz CT molecular complexity index is 490. The number of aromatic nitrogens is 4. The van der Waals surface area contributed by atoms with Crippen molar-refractivity contribution >= 4 is 11.2 Å². The standard InChI is InChI=1S/C12H16N4O/c1-2-4-9(5-3-1)7-17-12-13-6-10-11(16-12)15-8-14-10/h6,8-9H,1-5,7H2,(H,13,14,15,16). The van der Waals surface area contributed by atoms with Gasteiger partial charge in [0.1, 0.15) is 5.52 Å². The van der Waals surface area contributed by atoms with Crippen molar-refractivity contribution in [2.45, 2.75) is 32.1 Å². The molecule has 0 amide bonds. The van der Waals surface area contributed by atoms with Crippen LogP contribution in [0.2, 0.25) is 0 Å². The van der Waals surface area contributed by atoms with Gasteiger partial charge in [-0.15, -0.1) is 0 Å². The lowest BCUT2D eigenvalue weighted by Gasteiger charge is -2.20. The highest BCUT2D eigenvalue weighted by Crippen LogP contribution is 2.24. The summed E-state index contributed by atoms with van der Waals surface area (Å²) in [6, 6.07) is 0.440. The van der Waals surface area contributed by atoms with Crippen molar-refractivity contribution in [3.8, 4) is 6.01 Å². The summed E-state index contributed by atoms with van der Waals surface area (Å²) < 4.78 is 5.65. The Morgan fingerprint density at radius 3 is 3.00 bits per heavy atom. The molecule has 17 heavy (non-hydrogen) atoms. The summed E-state index contributed by atoms with van der Waals surface area (Å²) in [7, 11) is 0. The number of ether oxygens (including phenoxy) is 1. The van der Waals surface area contributed by atoms with E-state index in [1.54, 1.807) is 12.5 Å². The first-order valence-corrected chi connectivity index (χ1v) is 6.21. The van der Waals surface area contributed by atoms with E-state index in [9.17, 15) is 0 Å². The molecule has 0 spiro atoms. The lowest BCUT2D eigenvalue weighted by Crippen LogP contribution is -2.16. The molecular weight excluding hydrogens is 216 g/mol. The number of nitrogens with one attached hydrogen (secondary N) is 1. The Morgan fingerprint density at radius 2 is 2.12 bits per heavy atom. The Labute approximate surface area is 99.6 Å². The maximum Gasteiger partial charge on any atom is 0.318 e. The predicted molar refractivity (Wildman–Crippen MR) is 63.8 cm³/mol. The average Bonchev–Trinajstić information content (AvgIpc) is 2.85. The minimum absolute atomic E-state index is 0.440. The number of nitrogens with zero attached hydrogens (tertiary/aromatic N) is 3. The van der Waals surface area contributed by atoms with Crippen LogP contribution in [0, 0.1) is 5.92 Å². The molecule has 0 atom stereocenters. The van der Waals surface area contributed by atoms with Crippen LogP contribution in [0.4, 0.5) is 0 Å². The lowest BCUT2D eigenvalue weighted by atomic mass is 9.90. The largest absolute Gasteiger partial charge is 0.463 e. The molecule has 1 saturated carbocycles. The molecule has 1 fully saturated rings. The minimum atomic E-state index is 0.440. The van der Waals surface area contributed by atoms with Gasteiger partial charge in [-0.25, -0.2) is 9.97 Å². The van der Waals surface area contributed by atoms with Gasteiger partial charge in [0.2, 0.25) is 0 Å². The molecule has 90 valence electrons. The second kappa shape index (κ2) is 4.69.